The van der Waals surface area contributed by atoms with E-state index in [1.807, 2.05) is 0 Å². The Morgan fingerprint density at radius 2 is 1.90 bits per heavy atom. The van der Waals surface area contributed by atoms with Crippen LogP contribution in [0.1, 0.15) is 67.5 Å². The molecule has 1 aliphatic carbocycles. The average Bonchev–Trinajstić information content (AvgIpc) is 3.84. The Labute approximate surface area is 244 Å². The molecule has 42 heavy (non-hydrogen) atoms. The number of likely N-dealkylation sites (tertiary alicyclic amines) is 1. The summed E-state index contributed by atoms with van der Waals surface area (Å²) in [5.41, 5.74) is 0.187. The Hall–Kier alpha value is -3.71. The van der Waals surface area contributed by atoms with Crippen LogP contribution < -0.4 is 14.8 Å². The number of piperidine rings is 1. The molecule has 13 heteroatoms. The molecule has 1 aromatic carbocycles. The second-order valence-electron chi connectivity index (χ2n) is 10.5. The van der Waals surface area contributed by atoms with Crippen molar-refractivity contribution < 1.29 is 26.7 Å². The number of carbonyl (C=O) groups is 1. The maximum atomic E-state index is 15.3. The fourth-order valence-corrected chi connectivity index (χ4v) is 6.35. The van der Waals surface area contributed by atoms with Crippen LogP contribution in [0.15, 0.2) is 42.9 Å². The molecule has 0 bridgehead atoms. The van der Waals surface area contributed by atoms with Crippen molar-refractivity contribution in [1.82, 2.24) is 25.2 Å². The number of pyridine rings is 1. The molecule has 0 unspecified atom stereocenters. The van der Waals surface area contributed by atoms with Crippen molar-refractivity contribution in [2.75, 3.05) is 31.0 Å². The lowest BCUT2D eigenvalue weighted by atomic mass is 10.0. The SMILES string of the molecule is CCOc1cncc(-c2ccc(C(=O)N[C@@H](CCN3CCCCC3)c3cc(NS(=O)(=O)C4CC4)ccn3)c(F)c2F)n1. The molecule has 2 fully saturated rings. The number of hydrogen-bond acceptors (Lipinski definition) is 8. The lowest BCUT2D eigenvalue weighted by Crippen LogP contribution is -2.35. The first-order chi connectivity index (χ1) is 20.2. The number of carbonyl (C=O) groups excluding carboxylic acids is 1. The van der Waals surface area contributed by atoms with Crippen LogP contribution in [0.3, 0.4) is 0 Å². The lowest BCUT2D eigenvalue weighted by molar-refractivity contribution is 0.0924. The van der Waals surface area contributed by atoms with Gasteiger partial charge in [-0.1, -0.05) is 6.42 Å². The van der Waals surface area contributed by atoms with Crippen molar-refractivity contribution in [2.45, 2.75) is 56.7 Å². The van der Waals surface area contributed by atoms with Gasteiger partial charge in [-0.2, -0.15) is 0 Å². The van der Waals surface area contributed by atoms with Crippen molar-refractivity contribution in [3.63, 3.8) is 0 Å². The molecule has 3 aromatic rings. The first-order valence-corrected chi connectivity index (χ1v) is 15.7. The minimum Gasteiger partial charge on any atom is -0.477 e. The first kappa shape index (κ1) is 29.8. The minimum atomic E-state index is -3.50. The second kappa shape index (κ2) is 13.1. The van der Waals surface area contributed by atoms with Gasteiger partial charge in [0.2, 0.25) is 15.9 Å². The van der Waals surface area contributed by atoms with E-state index in [2.05, 4.69) is 29.9 Å². The summed E-state index contributed by atoms with van der Waals surface area (Å²) in [5.74, 6) is -3.20. The smallest absolute Gasteiger partial charge is 0.254 e. The van der Waals surface area contributed by atoms with Gasteiger partial charge in [-0.15, -0.1) is 0 Å². The number of ether oxygens (including phenoxy) is 1. The van der Waals surface area contributed by atoms with Gasteiger partial charge in [-0.05, 0) is 76.4 Å². The molecule has 2 N–H and O–H groups in total. The molecule has 3 heterocycles. The van der Waals surface area contributed by atoms with E-state index in [1.54, 1.807) is 19.1 Å². The number of rotatable bonds is 12. The molecular weight excluding hydrogens is 566 g/mol. The van der Waals surface area contributed by atoms with E-state index in [9.17, 15) is 13.2 Å². The van der Waals surface area contributed by atoms with Crippen LogP contribution in [-0.2, 0) is 10.0 Å². The third-order valence-electron chi connectivity index (χ3n) is 7.36. The Balaban J connectivity index is 1.38. The van der Waals surface area contributed by atoms with E-state index in [1.165, 1.54) is 37.1 Å². The molecule has 10 nitrogen and oxygen atoms in total. The molecule has 1 saturated heterocycles. The zero-order chi connectivity index (χ0) is 29.7. The monoisotopic (exact) mass is 600 g/mol. The standard InChI is InChI=1S/C29H34F2N6O4S/c1-2-41-26-18-32-17-25(34-26)21-8-9-22(28(31)27(21)30)29(38)35-23(11-15-37-13-4-3-5-14-37)24-16-19(10-12-33-24)36-42(39,40)20-6-7-20/h8-10,12,16-18,20,23H,2-7,11,13-15H2,1H3,(H,33,36)(H,35,38)/t23-/m0/s1. The molecular formula is C29H34F2N6O4S. The van der Waals surface area contributed by atoms with Crippen LogP contribution in [0.5, 0.6) is 5.88 Å². The number of amides is 1. The van der Waals surface area contributed by atoms with E-state index in [0.29, 0.717) is 43.8 Å². The number of nitrogens with zero attached hydrogens (tertiary/aromatic N) is 4. The number of benzene rings is 1. The molecule has 2 aromatic heterocycles. The lowest BCUT2D eigenvalue weighted by Gasteiger charge is -2.28. The Morgan fingerprint density at radius 1 is 1.12 bits per heavy atom. The highest BCUT2D eigenvalue weighted by Gasteiger charge is 2.36. The van der Waals surface area contributed by atoms with Crippen molar-refractivity contribution in [3.8, 4) is 17.1 Å². The molecule has 5 rings (SSSR count). The van der Waals surface area contributed by atoms with Crippen LogP contribution in [0, 0.1) is 11.6 Å². The summed E-state index contributed by atoms with van der Waals surface area (Å²) < 4.78 is 63.4. The molecule has 2 aliphatic rings. The van der Waals surface area contributed by atoms with Crippen molar-refractivity contribution >= 4 is 21.6 Å². The summed E-state index contributed by atoms with van der Waals surface area (Å²) in [4.78, 5) is 28.1. The summed E-state index contributed by atoms with van der Waals surface area (Å²) in [5, 5.41) is 2.40. The maximum absolute atomic E-state index is 15.3. The Kier molecular flexibility index (Phi) is 9.27. The predicted octanol–water partition coefficient (Wildman–Crippen LogP) is 4.47. The number of hydrogen-bond donors (Lipinski definition) is 2. The van der Waals surface area contributed by atoms with Crippen molar-refractivity contribution in [3.05, 3.63) is 65.7 Å². The van der Waals surface area contributed by atoms with Crippen LogP contribution in [-0.4, -0.2) is 65.7 Å². The summed E-state index contributed by atoms with van der Waals surface area (Å²) in [7, 11) is -3.50. The number of halogens is 2. The van der Waals surface area contributed by atoms with Crippen molar-refractivity contribution in [1.29, 1.82) is 0 Å². The fraction of sp³-hybridized carbons (Fsp3) is 0.448. The third kappa shape index (κ3) is 7.19. The highest BCUT2D eigenvalue weighted by Crippen LogP contribution is 2.31. The Morgan fingerprint density at radius 3 is 2.64 bits per heavy atom. The van der Waals surface area contributed by atoms with Gasteiger partial charge in [0.15, 0.2) is 11.6 Å². The molecule has 1 atom stereocenters. The van der Waals surface area contributed by atoms with E-state index >= 15 is 8.78 Å². The van der Waals surface area contributed by atoms with Gasteiger partial charge in [0.1, 0.15) is 0 Å². The minimum absolute atomic E-state index is 0.0679. The predicted molar refractivity (Wildman–Crippen MR) is 153 cm³/mol. The normalized spacial score (nSPS) is 16.5. The molecule has 224 valence electrons. The summed E-state index contributed by atoms with van der Waals surface area (Å²) in [6.07, 6.45) is 9.14. The fourth-order valence-electron chi connectivity index (χ4n) is 4.97. The van der Waals surface area contributed by atoms with Gasteiger partial charge in [0.05, 0.1) is 52.9 Å². The highest BCUT2D eigenvalue weighted by atomic mass is 32.2. The maximum Gasteiger partial charge on any atom is 0.254 e. The zero-order valence-electron chi connectivity index (χ0n) is 23.4. The topological polar surface area (TPSA) is 126 Å². The number of sulfonamides is 1. The van der Waals surface area contributed by atoms with E-state index in [-0.39, 0.29) is 17.1 Å². The van der Waals surface area contributed by atoms with Gasteiger partial charge >= 0.3 is 0 Å². The highest BCUT2D eigenvalue weighted by molar-refractivity contribution is 7.93. The van der Waals surface area contributed by atoms with Gasteiger partial charge in [0.25, 0.3) is 5.91 Å². The van der Waals surface area contributed by atoms with Gasteiger partial charge < -0.3 is 15.0 Å². The molecule has 0 spiro atoms. The Bertz CT molecular complexity index is 1530. The van der Waals surface area contributed by atoms with Crippen molar-refractivity contribution in [2.24, 2.45) is 0 Å². The quantitative estimate of drug-likeness (QED) is 0.312. The van der Waals surface area contributed by atoms with E-state index < -0.39 is 44.4 Å². The molecule has 0 radical (unpaired) electrons. The van der Waals surface area contributed by atoms with Crippen LogP contribution >= 0.6 is 0 Å². The first-order valence-electron chi connectivity index (χ1n) is 14.2. The summed E-state index contributed by atoms with van der Waals surface area (Å²) in [6.45, 7) is 4.61. The zero-order valence-corrected chi connectivity index (χ0v) is 24.2. The van der Waals surface area contributed by atoms with Gasteiger partial charge in [-0.25, -0.2) is 22.2 Å². The molecule has 1 aliphatic heterocycles. The van der Waals surface area contributed by atoms with Crippen LogP contribution in [0.2, 0.25) is 0 Å². The summed E-state index contributed by atoms with van der Waals surface area (Å²) in [6, 6.07) is 4.92. The second-order valence-corrected chi connectivity index (χ2v) is 12.5. The van der Waals surface area contributed by atoms with Gasteiger partial charge in [0, 0.05) is 18.3 Å². The summed E-state index contributed by atoms with van der Waals surface area (Å²) >= 11 is 0. The number of nitrogens with one attached hydrogen (secondary N) is 2. The largest absolute Gasteiger partial charge is 0.477 e. The number of anilines is 1. The average molecular weight is 601 g/mol. The van der Waals surface area contributed by atoms with Crippen LogP contribution in [0.25, 0.3) is 11.3 Å². The molecule has 1 saturated carbocycles. The van der Waals surface area contributed by atoms with Gasteiger partial charge in [-0.3, -0.25) is 19.5 Å². The third-order valence-corrected chi connectivity index (χ3v) is 9.23. The molecule has 1 amide bonds. The number of aromatic nitrogens is 3. The van der Waals surface area contributed by atoms with Crippen LogP contribution in [0.4, 0.5) is 14.5 Å². The van der Waals surface area contributed by atoms with E-state index in [4.69, 9.17) is 4.74 Å². The van der Waals surface area contributed by atoms with E-state index in [0.717, 1.165) is 25.9 Å².